The minimum Gasteiger partial charge on any atom is -0.329 e. The van der Waals surface area contributed by atoms with Crippen LogP contribution in [0.15, 0.2) is 42.5 Å². The number of carbonyl (C=O) groups excluding carboxylic acids is 1. The molecule has 1 aliphatic rings. The highest BCUT2D eigenvalue weighted by atomic mass is 35.5. The van der Waals surface area contributed by atoms with E-state index in [-0.39, 0.29) is 30.0 Å². The fraction of sp³-hybridized carbons (Fsp3) is 0.278. The fourth-order valence-corrected chi connectivity index (χ4v) is 3.34. The molecule has 1 unspecified atom stereocenters. The van der Waals surface area contributed by atoms with E-state index in [1.54, 1.807) is 30.0 Å². The average Bonchev–Trinajstić information content (AvgIpc) is 2.62. The van der Waals surface area contributed by atoms with Crippen LogP contribution < -0.4 is 5.32 Å². The van der Waals surface area contributed by atoms with Crippen LogP contribution in [-0.4, -0.2) is 35.4 Å². The van der Waals surface area contributed by atoms with E-state index < -0.39 is 4.92 Å². The van der Waals surface area contributed by atoms with Crippen molar-refractivity contribution in [1.29, 1.82) is 0 Å². The lowest BCUT2D eigenvalue weighted by Gasteiger charge is -2.37. The summed E-state index contributed by atoms with van der Waals surface area (Å²) in [5.74, 6) is -0.227. The molecule has 1 aliphatic heterocycles. The first-order valence-corrected chi connectivity index (χ1v) is 8.38. The highest BCUT2D eigenvalue weighted by Gasteiger charge is 2.30. The topological polar surface area (TPSA) is 75.5 Å². The first kappa shape index (κ1) is 20.2. The Balaban J connectivity index is 0.00000243. The van der Waals surface area contributed by atoms with Crippen molar-refractivity contribution in [3.8, 4) is 0 Å². The summed E-state index contributed by atoms with van der Waals surface area (Å²) in [6.07, 6.45) is 0. The third-order valence-electron chi connectivity index (χ3n) is 4.42. The van der Waals surface area contributed by atoms with Crippen LogP contribution in [0.3, 0.4) is 0 Å². The molecule has 0 aromatic heterocycles. The Bertz CT molecular complexity index is 829. The number of nitro groups is 1. The van der Waals surface area contributed by atoms with Crippen molar-refractivity contribution in [2.45, 2.75) is 13.0 Å². The molecule has 3 rings (SSSR count). The first-order valence-electron chi connectivity index (χ1n) is 8.00. The van der Waals surface area contributed by atoms with Gasteiger partial charge in [-0.3, -0.25) is 14.9 Å². The normalized spacial score (nSPS) is 16.7. The summed E-state index contributed by atoms with van der Waals surface area (Å²) in [7, 11) is 0. The third kappa shape index (κ3) is 3.98. The number of carbonyl (C=O) groups is 1. The smallest absolute Gasteiger partial charge is 0.273 e. The Kier molecular flexibility index (Phi) is 6.58. The zero-order valence-electron chi connectivity index (χ0n) is 14.1. The second-order valence-electron chi connectivity index (χ2n) is 6.00. The molecular formula is C18H19Cl2N3O3. The summed E-state index contributed by atoms with van der Waals surface area (Å²) in [4.78, 5) is 25.4. The molecule has 1 atom stereocenters. The summed E-state index contributed by atoms with van der Waals surface area (Å²) in [5.41, 5.74) is 1.67. The maximum atomic E-state index is 13.0. The maximum absolute atomic E-state index is 13.0. The number of hydrogen-bond acceptors (Lipinski definition) is 4. The fourth-order valence-electron chi connectivity index (χ4n) is 3.08. The monoisotopic (exact) mass is 395 g/mol. The Morgan fingerprint density at radius 3 is 2.73 bits per heavy atom. The zero-order valence-corrected chi connectivity index (χ0v) is 15.7. The van der Waals surface area contributed by atoms with Crippen LogP contribution in [0.5, 0.6) is 0 Å². The SMILES string of the molecule is Cc1ccc(C(=O)N2CCNCC2c2ccccc2Cl)cc1[N+](=O)[O-].Cl. The van der Waals surface area contributed by atoms with Crippen LogP contribution >= 0.6 is 24.0 Å². The summed E-state index contributed by atoms with van der Waals surface area (Å²) in [6, 6.07) is 11.8. The van der Waals surface area contributed by atoms with Gasteiger partial charge in [-0.1, -0.05) is 35.9 Å². The van der Waals surface area contributed by atoms with Crippen molar-refractivity contribution in [2.24, 2.45) is 0 Å². The van der Waals surface area contributed by atoms with Crippen LogP contribution in [0.2, 0.25) is 5.02 Å². The summed E-state index contributed by atoms with van der Waals surface area (Å²) >= 11 is 6.31. The van der Waals surface area contributed by atoms with E-state index in [0.717, 1.165) is 5.56 Å². The molecule has 26 heavy (non-hydrogen) atoms. The van der Waals surface area contributed by atoms with E-state index in [1.165, 1.54) is 6.07 Å². The number of piperazine rings is 1. The van der Waals surface area contributed by atoms with E-state index in [2.05, 4.69) is 5.32 Å². The lowest BCUT2D eigenvalue weighted by atomic mass is 10.0. The van der Waals surface area contributed by atoms with Gasteiger partial charge in [0.25, 0.3) is 11.6 Å². The minimum absolute atomic E-state index is 0. The van der Waals surface area contributed by atoms with Crippen molar-refractivity contribution >= 4 is 35.6 Å². The number of nitro benzene ring substituents is 1. The molecule has 1 amide bonds. The average molecular weight is 396 g/mol. The largest absolute Gasteiger partial charge is 0.329 e. The van der Waals surface area contributed by atoms with Crippen molar-refractivity contribution in [3.05, 3.63) is 74.3 Å². The third-order valence-corrected chi connectivity index (χ3v) is 4.77. The second kappa shape index (κ2) is 8.49. The Morgan fingerprint density at radius 1 is 1.31 bits per heavy atom. The number of rotatable bonds is 3. The Labute approximate surface area is 162 Å². The van der Waals surface area contributed by atoms with Gasteiger partial charge in [0.2, 0.25) is 0 Å². The van der Waals surface area contributed by atoms with E-state index in [1.807, 2.05) is 18.2 Å². The maximum Gasteiger partial charge on any atom is 0.273 e. The van der Waals surface area contributed by atoms with Gasteiger partial charge < -0.3 is 10.2 Å². The van der Waals surface area contributed by atoms with E-state index >= 15 is 0 Å². The van der Waals surface area contributed by atoms with E-state index in [4.69, 9.17) is 11.6 Å². The second-order valence-corrected chi connectivity index (χ2v) is 6.41. The van der Waals surface area contributed by atoms with Crippen molar-refractivity contribution < 1.29 is 9.72 Å². The van der Waals surface area contributed by atoms with Gasteiger partial charge in [-0.05, 0) is 24.6 Å². The molecule has 0 aliphatic carbocycles. The van der Waals surface area contributed by atoms with Crippen LogP contribution in [0, 0.1) is 17.0 Å². The first-order chi connectivity index (χ1) is 12.0. The molecule has 1 N–H and O–H groups in total. The van der Waals surface area contributed by atoms with Crippen molar-refractivity contribution in [2.75, 3.05) is 19.6 Å². The van der Waals surface area contributed by atoms with E-state index in [0.29, 0.717) is 35.8 Å². The lowest BCUT2D eigenvalue weighted by Crippen LogP contribution is -2.48. The molecule has 0 bridgehead atoms. The zero-order chi connectivity index (χ0) is 18.0. The van der Waals surface area contributed by atoms with Gasteiger partial charge in [-0.15, -0.1) is 12.4 Å². The van der Waals surface area contributed by atoms with Gasteiger partial charge in [0.15, 0.2) is 0 Å². The van der Waals surface area contributed by atoms with Gasteiger partial charge in [0.1, 0.15) is 0 Å². The van der Waals surface area contributed by atoms with Crippen molar-refractivity contribution in [3.63, 3.8) is 0 Å². The Hall–Kier alpha value is -2.15. The summed E-state index contributed by atoms with van der Waals surface area (Å²) in [6.45, 7) is 3.42. The molecule has 6 nitrogen and oxygen atoms in total. The predicted octanol–water partition coefficient (Wildman–Crippen LogP) is 3.77. The molecule has 8 heteroatoms. The molecule has 138 valence electrons. The molecular weight excluding hydrogens is 377 g/mol. The molecule has 0 radical (unpaired) electrons. The number of amides is 1. The lowest BCUT2D eigenvalue weighted by molar-refractivity contribution is -0.385. The number of aryl methyl sites for hydroxylation is 1. The van der Waals surface area contributed by atoms with Gasteiger partial charge in [-0.25, -0.2) is 0 Å². The molecule has 1 fully saturated rings. The molecule has 1 saturated heterocycles. The van der Waals surface area contributed by atoms with E-state index in [9.17, 15) is 14.9 Å². The summed E-state index contributed by atoms with van der Waals surface area (Å²) < 4.78 is 0. The molecule has 0 spiro atoms. The number of benzene rings is 2. The Morgan fingerprint density at radius 2 is 2.04 bits per heavy atom. The number of halogens is 2. The predicted molar refractivity (Wildman–Crippen MR) is 103 cm³/mol. The number of nitrogens with one attached hydrogen (secondary N) is 1. The molecule has 0 saturated carbocycles. The molecule has 2 aromatic carbocycles. The summed E-state index contributed by atoms with van der Waals surface area (Å²) in [5, 5.41) is 15.0. The van der Waals surface area contributed by atoms with Crippen LogP contribution in [0.25, 0.3) is 0 Å². The van der Waals surface area contributed by atoms with Crippen LogP contribution in [0.4, 0.5) is 5.69 Å². The highest BCUT2D eigenvalue weighted by Crippen LogP contribution is 2.30. The van der Waals surface area contributed by atoms with Gasteiger partial charge >= 0.3 is 0 Å². The standard InChI is InChI=1S/C18H18ClN3O3.ClH/c1-12-6-7-13(10-16(12)22(24)25)18(23)21-9-8-20-11-17(21)14-4-2-3-5-15(14)19;/h2-7,10,17,20H,8-9,11H2,1H3;1H. The van der Waals surface area contributed by atoms with Gasteiger partial charge in [0.05, 0.1) is 11.0 Å². The minimum atomic E-state index is -0.463. The number of hydrogen-bond donors (Lipinski definition) is 1. The molecule has 2 aromatic rings. The van der Waals surface area contributed by atoms with Crippen molar-refractivity contribution in [1.82, 2.24) is 10.2 Å². The quantitative estimate of drug-likeness (QED) is 0.633. The van der Waals surface area contributed by atoms with Gasteiger partial charge in [-0.2, -0.15) is 0 Å². The molecule has 1 heterocycles. The van der Waals surface area contributed by atoms with Crippen LogP contribution in [-0.2, 0) is 0 Å². The number of nitrogens with zero attached hydrogens (tertiary/aromatic N) is 2. The highest BCUT2D eigenvalue weighted by molar-refractivity contribution is 6.31. The van der Waals surface area contributed by atoms with Crippen LogP contribution in [0.1, 0.15) is 27.5 Å². The van der Waals surface area contributed by atoms with Gasteiger partial charge in [0, 0.05) is 41.9 Å².